The number of benzene rings is 3. The van der Waals surface area contributed by atoms with Crippen molar-refractivity contribution < 1.29 is 4.74 Å². The van der Waals surface area contributed by atoms with Gasteiger partial charge in [-0.15, -0.1) is 0 Å². The van der Waals surface area contributed by atoms with Crippen molar-refractivity contribution in [3.05, 3.63) is 101 Å². The van der Waals surface area contributed by atoms with Gasteiger partial charge in [-0.1, -0.05) is 79.8 Å². The molecule has 4 rings (SSSR count). The van der Waals surface area contributed by atoms with E-state index >= 15 is 0 Å². The molecule has 4 aromatic rings. The zero-order valence-electron chi connectivity index (χ0n) is 18.6. The van der Waals surface area contributed by atoms with Gasteiger partial charge in [0, 0.05) is 24.9 Å². The summed E-state index contributed by atoms with van der Waals surface area (Å²) in [4.78, 5) is 18.0. The number of fused-ring (bicyclic) bond motifs is 1. The lowest BCUT2D eigenvalue weighted by atomic mass is 10.1. The first-order valence-corrected chi connectivity index (χ1v) is 13.2. The van der Waals surface area contributed by atoms with Crippen molar-refractivity contribution in [1.82, 2.24) is 9.66 Å². The molecule has 0 fully saturated rings. The lowest BCUT2D eigenvalue weighted by Crippen LogP contribution is -2.23. The van der Waals surface area contributed by atoms with Crippen LogP contribution in [0.5, 0.6) is 5.75 Å². The van der Waals surface area contributed by atoms with Gasteiger partial charge in [-0.2, -0.15) is 9.78 Å². The van der Waals surface area contributed by atoms with Crippen LogP contribution in [0.1, 0.15) is 43.1 Å². The summed E-state index contributed by atoms with van der Waals surface area (Å²) in [6.45, 7) is 4.55. The van der Waals surface area contributed by atoms with Gasteiger partial charge in [-0.25, -0.2) is 4.98 Å². The van der Waals surface area contributed by atoms with Gasteiger partial charge in [-0.05, 0) is 54.4 Å². The molecule has 0 radical (unpaired) electrons. The Morgan fingerprint density at radius 3 is 2.59 bits per heavy atom. The summed E-state index contributed by atoms with van der Waals surface area (Å²) in [7, 11) is 0. The minimum absolute atomic E-state index is 0.0805. The summed E-state index contributed by atoms with van der Waals surface area (Å²) in [5.41, 5.74) is 2.35. The fourth-order valence-electron chi connectivity index (χ4n) is 3.39. The first kappa shape index (κ1) is 24.8. The lowest BCUT2D eigenvalue weighted by molar-refractivity contribution is 0.305. The van der Waals surface area contributed by atoms with Crippen molar-refractivity contribution in [1.29, 1.82) is 0 Å². The minimum Gasteiger partial charge on any atom is -0.489 e. The van der Waals surface area contributed by atoms with Gasteiger partial charge in [0.2, 0.25) is 0 Å². The topological polar surface area (TPSA) is 56.5 Å². The second-order valence-corrected chi connectivity index (χ2v) is 10.6. The molecule has 3 aromatic carbocycles. The largest absolute Gasteiger partial charge is 0.489 e. The molecular weight excluding hydrogens is 626 g/mol. The van der Waals surface area contributed by atoms with Gasteiger partial charge >= 0.3 is 0 Å². The van der Waals surface area contributed by atoms with Gasteiger partial charge < -0.3 is 4.74 Å². The first-order valence-electron chi connectivity index (χ1n) is 10.8. The highest BCUT2D eigenvalue weighted by molar-refractivity contribution is 9.11. The van der Waals surface area contributed by atoms with Crippen LogP contribution in [0, 0.1) is 0 Å². The van der Waals surface area contributed by atoms with E-state index < -0.39 is 0 Å². The van der Waals surface area contributed by atoms with E-state index in [0.29, 0.717) is 29.1 Å². The molecule has 0 unspecified atom stereocenters. The van der Waals surface area contributed by atoms with E-state index in [9.17, 15) is 4.79 Å². The zero-order chi connectivity index (χ0) is 24.2. The van der Waals surface area contributed by atoms with Gasteiger partial charge in [0.1, 0.15) is 18.2 Å². The number of ether oxygens (including phenoxy) is 1. The molecule has 0 amide bonds. The predicted octanol–water partition coefficient (Wildman–Crippen LogP) is 7.66. The lowest BCUT2D eigenvalue weighted by Gasteiger charge is -2.14. The summed E-state index contributed by atoms with van der Waals surface area (Å²) < 4.78 is 10.2. The summed E-state index contributed by atoms with van der Waals surface area (Å²) in [5, 5.41) is 5.06. The normalized spacial score (nSPS) is 12.4. The third-order valence-corrected chi connectivity index (χ3v) is 7.20. The fourth-order valence-corrected chi connectivity index (χ4v) is 4.91. The second-order valence-electron chi connectivity index (χ2n) is 7.90. The molecule has 5 nitrogen and oxygen atoms in total. The molecule has 0 saturated heterocycles. The van der Waals surface area contributed by atoms with Crippen LogP contribution in [0.4, 0.5) is 0 Å². The molecule has 0 spiro atoms. The summed E-state index contributed by atoms with van der Waals surface area (Å²) >= 11 is 10.5. The van der Waals surface area contributed by atoms with Crippen LogP contribution >= 0.6 is 47.8 Å². The van der Waals surface area contributed by atoms with Crippen LogP contribution in [0.3, 0.4) is 0 Å². The quantitative estimate of drug-likeness (QED) is 0.194. The molecule has 0 aliphatic rings. The Kier molecular flexibility index (Phi) is 8.01. The van der Waals surface area contributed by atoms with Crippen LogP contribution in [-0.4, -0.2) is 15.9 Å². The van der Waals surface area contributed by atoms with Crippen molar-refractivity contribution >= 4 is 64.9 Å². The summed E-state index contributed by atoms with van der Waals surface area (Å²) in [5.74, 6) is 1.44. The van der Waals surface area contributed by atoms with Gasteiger partial charge in [0.05, 0.1) is 17.1 Å². The van der Waals surface area contributed by atoms with E-state index in [-0.39, 0.29) is 11.5 Å². The molecule has 0 bridgehead atoms. The zero-order valence-corrected chi connectivity index (χ0v) is 23.4. The Bertz CT molecular complexity index is 1430. The van der Waals surface area contributed by atoms with E-state index in [2.05, 4.69) is 59.8 Å². The second kappa shape index (κ2) is 11.0. The smallest absolute Gasteiger partial charge is 0.282 e. The van der Waals surface area contributed by atoms with Crippen LogP contribution in [-0.2, 0) is 6.61 Å². The van der Waals surface area contributed by atoms with E-state index in [1.807, 2.05) is 61.5 Å². The molecule has 8 heteroatoms. The molecule has 0 aliphatic heterocycles. The van der Waals surface area contributed by atoms with Crippen molar-refractivity contribution in [3.63, 3.8) is 0 Å². The number of rotatable bonds is 7. The highest BCUT2D eigenvalue weighted by atomic mass is 79.9. The molecule has 1 atom stereocenters. The van der Waals surface area contributed by atoms with Gasteiger partial charge in [0.15, 0.2) is 0 Å². The number of halogens is 3. The van der Waals surface area contributed by atoms with Crippen LogP contribution in [0.25, 0.3) is 10.9 Å². The minimum atomic E-state index is -0.189. The molecule has 174 valence electrons. The first-order chi connectivity index (χ1) is 16.4. The SMILES string of the molecule is CC[C@@H](C)c1nc2ccc(Br)cc2c(=O)n1N=Cc1cccc(OCc2ccc(Br)cc2Br)c1. The number of nitrogens with zero attached hydrogens (tertiary/aromatic N) is 3. The summed E-state index contributed by atoms with van der Waals surface area (Å²) in [6.07, 6.45) is 2.51. The number of hydrogen-bond acceptors (Lipinski definition) is 4. The maximum absolute atomic E-state index is 13.3. The monoisotopic (exact) mass is 645 g/mol. The van der Waals surface area contributed by atoms with E-state index in [1.54, 1.807) is 12.3 Å². The maximum atomic E-state index is 13.3. The van der Waals surface area contributed by atoms with Crippen molar-refractivity contribution in [3.8, 4) is 5.75 Å². The third kappa shape index (κ3) is 5.67. The Balaban J connectivity index is 1.64. The van der Waals surface area contributed by atoms with E-state index in [4.69, 9.17) is 9.72 Å². The molecular formula is C26H22Br3N3O2. The van der Waals surface area contributed by atoms with Gasteiger partial charge in [0.25, 0.3) is 5.56 Å². The average Bonchev–Trinajstić information content (AvgIpc) is 2.83. The van der Waals surface area contributed by atoms with E-state index in [0.717, 1.165) is 31.0 Å². The van der Waals surface area contributed by atoms with Crippen LogP contribution in [0.2, 0.25) is 0 Å². The van der Waals surface area contributed by atoms with E-state index in [1.165, 1.54) is 4.68 Å². The predicted molar refractivity (Wildman–Crippen MR) is 148 cm³/mol. The standard InChI is InChI=1S/C26H22Br3N3O2/c1-3-16(2)25-31-24-10-9-19(27)12-22(24)26(33)32(25)30-14-17-5-4-6-21(11-17)34-15-18-7-8-20(28)13-23(18)29/h4-14,16H,3,15H2,1-2H3/t16-/m1/s1. The molecule has 34 heavy (non-hydrogen) atoms. The molecule has 1 heterocycles. The maximum Gasteiger partial charge on any atom is 0.282 e. The van der Waals surface area contributed by atoms with Crippen LogP contribution in [0.15, 0.2) is 84.0 Å². The average molecular weight is 648 g/mol. The molecule has 0 aliphatic carbocycles. The Morgan fingerprint density at radius 2 is 1.82 bits per heavy atom. The molecule has 0 N–H and O–H groups in total. The van der Waals surface area contributed by atoms with Crippen LogP contribution < -0.4 is 10.3 Å². The summed E-state index contributed by atoms with van der Waals surface area (Å²) in [6, 6.07) is 19.1. The Morgan fingerprint density at radius 1 is 1.06 bits per heavy atom. The van der Waals surface area contributed by atoms with Crippen molar-refractivity contribution in [2.45, 2.75) is 32.8 Å². The molecule has 1 aromatic heterocycles. The molecule has 0 saturated carbocycles. The fraction of sp³-hybridized carbons (Fsp3) is 0.192. The van der Waals surface area contributed by atoms with Crippen molar-refractivity contribution in [2.75, 3.05) is 0 Å². The Hall–Kier alpha value is -2.29. The number of aromatic nitrogens is 2. The van der Waals surface area contributed by atoms with Crippen molar-refractivity contribution in [2.24, 2.45) is 5.10 Å². The van der Waals surface area contributed by atoms with Gasteiger partial charge in [-0.3, -0.25) is 4.79 Å². The third-order valence-electron chi connectivity index (χ3n) is 5.48. The number of hydrogen-bond donors (Lipinski definition) is 0. The highest BCUT2D eigenvalue weighted by Crippen LogP contribution is 2.24. The highest BCUT2D eigenvalue weighted by Gasteiger charge is 2.15. The Labute approximate surface area is 223 Å².